The third kappa shape index (κ3) is 16.8. The fourth-order valence-corrected chi connectivity index (χ4v) is 6.28. The number of para-hydroxylation sites is 1. The van der Waals surface area contributed by atoms with Crippen LogP contribution in [0.1, 0.15) is 63.1 Å². The number of hydrogen-bond acceptors (Lipinski definition) is 10. The molecule has 0 spiro atoms. The van der Waals surface area contributed by atoms with Crippen LogP contribution in [0.4, 0.5) is 4.79 Å². The maximum absolute atomic E-state index is 14.1. The van der Waals surface area contributed by atoms with E-state index in [2.05, 4.69) is 37.1 Å². The van der Waals surface area contributed by atoms with Crippen molar-refractivity contribution in [3.63, 3.8) is 0 Å². The number of aromatic hydroxyl groups is 1. The summed E-state index contributed by atoms with van der Waals surface area (Å²) < 4.78 is 5.48. The minimum atomic E-state index is -1.35. The lowest BCUT2D eigenvalue weighted by atomic mass is 10.0. The number of hydrazine groups is 1. The van der Waals surface area contributed by atoms with Crippen molar-refractivity contribution < 1.29 is 43.7 Å². The number of aromatic nitrogens is 1. The first-order valence-corrected chi connectivity index (χ1v) is 20.0. The van der Waals surface area contributed by atoms with Gasteiger partial charge in [-0.25, -0.2) is 10.2 Å². The molecule has 17 heteroatoms. The van der Waals surface area contributed by atoms with Crippen molar-refractivity contribution in [1.82, 2.24) is 37.1 Å². The molecule has 0 unspecified atom stereocenters. The molecule has 1 heterocycles. The van der Waals surface area contributed by atoms with Crippen molar-refractivity contribution in [1.29, 1.82) is 0 Å². The van der Waals surface area contributed by atoms with E-state index < -0.39 is 66.0 Å². The van der Waals surface area contributed by atoms with Crippen molar-refractivity contribution in [2.24, 2.45) is 5.73 Å². The number of alkyl carbamates (subject to hydrolysis) is 1. The highest BCUT2D eigenvalue weighted by atomic mass is 16.6. The Hall–Kier alpha value is -6.72. The number of hydrogen-bond donors (Lipinski definition) is 10. The molecule has 4 rings (SSSR count). The van der Waals surface area contributed by atoms with E-state index in [9.17, 15) is 39.0 Å². The normalized spacial score (nSPS) is 13.4. The predicted molar refractivity (Wildman–Crippen MR) is 230 cm³/mol. The number of phenolic OH excluding ortho intramolecular Hbond substituents is 1. The predicted octanol–water partition coefficient (Wildman–Crippen LogP) is 2.94. The van der Waals surface area contributed by atoms with Crippen LogP contribution >= 0.6 is 0 Å². The van der Waals surface area contributed by atoms with Crippen LogP contribution in [-0.2, 0) is 41.6 Å². The van der Waals surface area contributed by atoms with Crippen LogP contribution in [0.3, 0.4) is 0 Å². The largest absolute Gasteiger partial charge is 0.508 e. The van der Waals surface area contributed by atoms with E-state index in [1.165, 1.54) is 18.2 Å². The molecule has 0 fully saturated rings. The van der Waals surface area contributed by atoms with Gasteiger partial charge in [0.1, 0.15) is 29.5 Å². The molecular formula is C44H56N8O9. The second kappa shape index (κ2) is 23.2. The Morgan fingerprint density at radius 2 is 1.51 bits per heavy atom. The topological polar surface area (TPSA) is 266 Å². The first-order chi connectivity index (χ1) is 29.1. The van der Waals surface area contributed by atoms with E-state index in [1.807, 2.05) is 24.3 Å². The first kappa shape index (κ1) is 47.0. The molecule has 4 aromatic rings. The van der Waals surface area contributed by atoms with E-state index in [-0.39, 0.29) is 31.0 Å². The summed E-state index contributed by atoms with van der Waals surface area (Å²) in [5.74, 6) is -3.60. The number of carbonyl (C=O) groups excluding carboxylic acids is 5. The molecule has 0 aliphatic carbocycles. The summed E-state index contributed by atoms with van der Waals surface area (Å²) in [7, 11) is 0. The van der Waals surface area contributed by atoms with Crippen LogP contribution in [0.15, 0.2) is 91.1 Å². The molecule has 1 aromatic heterocycles. The van der Waals surface area contributed by atoms with E-state index in [0.29, 0.717) is 25.8 Å². The van der Waals surface area contributed by atoms with Gasteiger partial charge in [-0.15, -0.1) is 0 Å². The summed E-state index contributed by atoms with van der Waals surface area (Å²) in [6, 6.07) is 18.6. The van der Waals surface area contributed by atoms with Crippen molar-refractivity contribution in [2.75, 3.05) is 13.1 Å². The van der Waals surface area contributed by atoms with E-state index in [4.69, 9.17) is 10.5 Å². The van der Waals surface area contributed by atoms with Gasteiger partial charge in [0.2, 0.25) is 23.6 Å². The highest BCUT2D eigenvalue weighted by Crippen LogP contribution is 2.20. The van der Waals surface area contributed by atoms with Crippen LogP contribution in [0.2, 0.25) is 0 Å². The van der Waals surface area contributed by atoms with Crippen LogP contribution in [0, 0.1) is 0 Å². The highest BCUT2D eigenvalue weighted by molar-refractivity contribution is 5.92. The van der Waals surface area contributed by atoms with Crippen LogP contribution in [-0.4, -0.2) is 93.7 Å². The summed E-state index contributed by atoms with van der Waals surface area (Å²) in [6.07, 6.45) is 4.94. The Morgan fingerprint density at radius 3 is 2.20 bits per heavy atom. The number of aromatic amines is 1. The SMILES string of the molecule is CC(C)(C)OC(=O)N[C@@H](Cc1c[nH]c2ccccc12)C(=O)N[C@@H](CCCCNC(=O)/C=C\c1ccc(O)cc1)CNN[C@@H](CC(=O)O)C(=O)N[C@@H](Cc1ccccc1)C(N)=O. The van der Waals surface area contributed by atoms with Gasteiger partial charge in [-0.05, 0) is 81.0 Å². The van der Waals surface area contributed by atoms with Crippen molar-refractivity contribution >= 4 is 52.7 Å². The Bertz CT molecular complexity index is 2120. The summed E-state index contributed by atoms with van der Waals surface area (Å²) in [6.45, 7) is 5.44. The molecule has 61 heavy (non-hydrogen) atoms. The van der Waals surface area contributed by atoms with Gasteiger partial charge < -0.3 is 46.9 Å². The molecule has 0 saturated heterocycles. The summed E-state index contributed by atoms with van der Waals surface area (Å²) in [4.78, 5) is 80.2. The van der Waals surface area contributed by atoms with Crippen LogP contribution in [0.5, 0.6) is 5.75 Å². The molecule has 11 N–H and O–H groups in total. The third-order valence-electron chi connectivity index (χ3n) is 9.31. The number of phenols is 1. The minimum absolute atomic E-state index is 0.00757. The number of carboxylic acid groups (broad SMARTS) is 1. The quantitative estimate of drug-likeness (QED) is 0.0295. The molecule has 0 aliphatic rings. The number of unbranched alkanes of at least 4 members (excludes halogenated alkanes) is 1. The number of benzene rings is 3. The molecule has 0 saturated carbocycles. The standard InChI is InChI=1S/C44H56N8O9/c1-44(2,3)61-43(60)51-36(24-30-26-47-34-15-8-7-14-33(30)34)41(58)49-31(13-9-10-22-46-38(54)21-18-28-16-19-32(53)20-17-28)27-48-52-37(25-39(55)56)42(59)50-35(40(45)57)23-29-11-5-4-6-12-29/h4-8,11-12,14-21,26,31,35-37,47-48,52-53H,9-10,13,22-25,27H2,1-3H3,(H2,45,57)(H,46,54)(H,49,58)(H,50,59)(H,51,60)(H,55,56)/b21-18-/t31-,35-,36-,37-/m0/s1. The van der Waals surface area contributed by atoms with Crippen molar-refractivity contribution in [3.05, 3.63) is 108 Å². The van der Waals surface area contributed by atoms with Gasteiger partial charge in [0.05, 0.1) is 6.42 Å². The number of amides is 5. The van der Waals surface area contributed by atoms with Gasteiger partial charge in [0, 0.05) is 55.1 Å². The average molecular weight is 841 g/mol. The van der Waals surface area contributed by atoms with Crippen molar-refractivity contribution in [2.45, 2.75) is 89.1 Å². The Kier molecular flexibility index (Phi) is 17.8. The summed E-state index contributed by atoms with van der Waals surface area (Å²) >= 11 is 0. The van der Waals surface area contributed by atoms with E-state index in [0.717, 1.165) is 27.6 Å². The second-order valence-electron chi connectivity index (χ2n) is 15.5. The van der Waals surface area contributed by atoms with Crippen LogP contribution < -0.4 is 37.9 Å². The Labute approximate surface area is 354 Å². The number of rotatable bonds is 23. The fourth-order valence-electron chi connectivity index (χ4n) is 6.28. The van der Waals surface area contributed by atoms with Crippen LogP contribution in [0.25, 0.3) is 17.0 Å². The van der Waals surface area contributed by atoms with Gasteiger partial charge in [0.15, 0.2) is 0 Å². The summed E-state index contributed by atoms with van der Waals surface area (Å²) in [5, 5.41) is 31.0. The third-order valence-corrected chi connectivity index (χ3v) is 9.31. The number of nitrogens with two attached hydrogens (primary N) is 1. The van der Waals surface area contributed by atoms with Crippen molar-refractivity contribution in [3.8, 4) is 5.75 Å². The molecule has 5 amide bonds. The Morgan fingerprint density at radius 1 is 0.820 bits per heavy atom. The van der Waals surface area contributed by atoms with E-state index in [1.54, 1.807) is 75.5 Å². The molecule has 0 aliphatic heterocycles. The molecule has 17 nitrogen and oxygen atoms in total. The molecule has 0 radical (unpaired) electrons. The summed E-state index contributed by atoms with van der Waals surface area (Å²) in [5.41, 5.74) is 13.5. The maximum Gasteiger partial charge on any atom is 0.408 e. The molecule has 326 valence electrons. The lowest BCUT2D eigenvalue weighted by molar-refractivity contribution is -0.140. The monoisotopic (exact) mass is 840 g/mol. The average Bonchev–Trinajstić information content (AvgIpc) is 3.61. The zero-order valence-corrected chi connectivity index (χ0v) is 34.5. The number of carbonyl (C=O) groups is 6. The number of H-pyrrole nitrogens is 1. The zero-order chi connectivity index (χ0) is 44.4. The molecule has 4 atom stereocenters. The smallest absolute Gasteiger partial charge is 0.408 e. The lowest BCUT2D eigenvalue weighted by Gasteiger charge is -2.27. The number of primary amides is 1. The number of nitrogens with one attached hydrogen (secondary N) is 7. The zero-order valence-electron chi connectivity index (χ0n) is 34.5. The maximum atomic E-state index is 14.1. The van der Waals surface area contributed by atoms with E-state index >= 15 is 0 Å². The number of ether oxygens (including phenoxy) is 1. The molecule has 0 bridgehead atoms. The van der Waals surface area contributed by atoms with Gasteiger partial charge in [0.25, 0.3) is 0 Å². The molecule has 3 aromatic carbocycles. The second-order valence-corrected chi connectivity index (χ2v) is 15.5. The first-order valence-electron chi connectivity index (χ1n) is 20.0. The number of aliphatic carboxylic acids is 1. The highest BCUT2D eigenvalue weighted by Gasteiger charge is 2.29. The lowest BCUT2D eigenvalue weighted by Crippen LogP contribution is -2.58. The number of fused-ring (bicyclic) bond motifs is 1. The number of carboxylic acids is 1. The Balaban J connectivity index is 1.46. The minimum Gasteiger partial charge on any atom is -0.508 e. The van der Waals surface area contributed by atoms with Gasteiger partial charge in [-0.3, -0.25) is 29.4 Å². The van der Waals surface area contributed by atoms with Gasteiger partial charge in [-0.1, -0.05) is 60.7 Å². The fraction of sp³-hybridized carbons (Fsp3) is 0.364. The molecular weight excluding hydrogens is 785 g/mol. The van der Waals surface area contributed by atoms with Gasteiger partial charge in [-0.2, -0.15) is 0 Å². The van der Waals surface area contributed by atoms with Gasteiger partial charge >= 0.3 is 12.1 Å².